The van der Waals surface area contributed by atoms with Gasteiger partial charge in [0.25, 0.3) is 0 Å². The summed E-state index contributed by atoms with van der Waals surface area (Å²) in [6.07, 6.45) is 7.13. The first-order valence-electron chi connectivity index (χ1n) is 9.48. The van der Waals surface area contributed by atoms with E-state index in [2.05, 4.69) is 64.3 Å². The van der Waals surface area contributed by atoms with Crippen molar-refractivity contribution < 1.29 is 0 Å². The van der Waals surface area contributed by atoms with Gasteiger partial charge >= 0.3 is 0 Å². The molecule has 1 aliphatic rings. The Morgan fingerprint density at radius 2 is 2.04 bits per heavy atom. The first-order valence-corrected chi connectivity index (χ1v) is 9.48. The largest absolute Gasteiger partial charge is 0.348 e. The number of likely N-dealkylation sites (tertiary alicyclic amines) is 1. The van der Waals surface area contributed by atoms with Crippen molar-refractivity contribution in [2.24, 2.45) is 0 Å². The van der Waals surface area contributed by atoms with Gasteiger partial charge in [-0.3, -0.25) is 9.88 Å². The molecule has 1 atom stereocenters. The second-order valence-corrected chi connectivity index (χ2v) is 7.31. The Labute approximate surface area is 155 Å². The minimum atomic E-state index is 0.508. The summed E-state index contributed by atoms with van der Waals surface area (Å²) in [5.74, 6) is 1.56. The predicted octanol–water partition coefficient (Wildman–Crippen LogP) is 4.08. The van der Waals surface area contributed by atoms with Crippen molar-refractivity contribution in [3.05, 3.63) is 83.2 Å². The number of piperidine rings is 1. The molecule has 1 N–H and O–H groups in total. The Morgan fingerprint density at radius 1 is 1.15 bits per heavy atom. The lowest BCUT2D eigenvalue weighted by molar-refractivity contribution is 0.194. The molecular formula is C22H26N4. The SMILES string of the molecule is Cc1cc(Cc2ccccc2)cc(C2CCCN(Cc3ncc[nH]3)C2)n1. The molecule has 134 valence electrons. The van der Waals surface area contributed by atoms with Crippen LogP contribution in [0.3, 0.4) is 0 Å². The van der Waals surface area contributed by atoms with Crippen molar-refractivity contribution in [3.63, 3.8) is 0 Å². The van der Waals surface area contributed by atoms with Crippen LogP contribution in [0.5, 0.6) is 0 Å². The van der Waals surface area contributed by atoms with Crippen LogP contribution in [0.15, 0.2) is 54.9 Å². The van der Waals surface area contributed by atoms with Crippen molar-refractivity contribution in [2.45, 2.75) is 38.6 Å². The lowest BCUT2D eigenvalue weighted by atomic mass is 9.92. The molecule has 0 saturated carbocycles. The summed E-state index contributed by atoms with van der Waals surface area (Å²) in [6, 6.07) is 15.2. The number of aromatic nitrogens is 3. The number of rotatable bonds is 5. The maximum Gasteiger partial charge on any atom is 0.120 e. The van der Waals surface area contributed by atoms with Gasteiger partial charge in [0.2, 0.25) is 0 Å². The van der Waals surface area contributed by atoms with Crippen LogP contribution in [0.2, 0.25) is 0 Å². The molecule has 26 heavy (non-hydrogen) atoms. The molecule has 1 aromatic carbocycles. The number of nitrogens with one attached hydrogen (secondary N) is 1. The number of hydrogen-bond acceptors (Lipinski definition) is 3. The number of pyridine rings is 1. The molecule has 0 radical (unpaired) electrons. The first-order chi connectivity index (χ1) is 12.8. The second kappa shape index (κ2) is 7.83. The highest BCUT2D eigenvalue weighted by atomic mass is 15.2. The third kappa shape index (κ3) is 4.20. The highest BCUT2D eigenvalue weighted by Crippen LogP contribution is 2.27. The van der Waals surface area contributed by atoms with Gasteiger partial charge in [-0.2, -0.15) is 0 Å². The number of hydrogen-bond donors (Lipinski definition) is 1. The zero-order valence-electron chi connectivity index (χ0n) is 15.4. The summed E-state index contributed by atoms with van der Waals surface area (Å²) in [5, 5.41) is 0. The van der Waals surface area contributed by atoms with E-state index in [-0.39, 0.29) is 0 Å². The molecule has 2 aromatic heterocycles. The van der Waals surface area contributed by atoms with Crippen LogP contribution in [0.1, 0.15) is 47.1 Å². The van der Waals surface area contributed by atoms with Crippen molar-refractivity contribution in [3.8, 4) is 0 Å². The van der Waals surface area contributed by atoms with E-state index in [1.807, 2.05) is 12.4 Å². The van der Waals surface area contributed by atoms with Crippen LogP contribution in [0, 0.1) is 6.92 Å². The monoisotopic (exact) mass is 346 g/mol. The zero-order chi connectivity index (χ0) is 17.8. The Bertz CT molecular complexity index is 827. The van der Waals surface area contributed by atoms with Crippen LogP contribution in [-0.4, -0.2) is 32.9 Å². The lowest BCUT2D eigenvalue weighted by Gasteiger charge is -2.32. The van der Waals surface area contributed by atoms with Crippen molar-refractivity contribution in [2.75, 3.05) is 13.1 Å². The summed E-state index contributed by atoms with van der Waals surface area (Å²) in [6.45, 7) is 5.20. The maximum atomic E-state index is 4.88. The van der Waals surface area contributed by atoms with Crippen LogP contribution in [0.25, 0.3) is 0 Å². The molecule has 3 aromatic rings. The average molecular weight is 346 g/mol. The van der Waals surface area contributed by atoms with Crippen molar-refractivity contribution in [1.29, 1.82) is 0 Å². The third-order valence-corrected chi connectivity index (χ3v) is 5.14. The van der Waals surface area contributed by atoms with Crippen molar-refractivity contribution >= 4 is 0 Å². The number of aromatic amines is 1. The molecule has 1 aliphatic heterocycles. The minimum absolute atomic E-state index is 0.508. The molecule has 1 saturated heterocycles. The molecular weight excluding hydrogens is 320 g/mol. The van der Waals surface area contributed by atoms with Gasteiger partial charge in [-0.05, 0) is 56.0 Å². The number of benzene rings is 1. The van der Waals surface area contributed by atoms with Gasteiger partial charge in [0.15, 0.2) is 0 Å². The smallest absolute Gasteiger partial charge is 0.120 e. The quantitative estimate of drug-likeness (QED) is 0.757. The number of imidazole rings is 1. The normalized spacial score (nSPS) is 18.1. The first kappa shape index (κ1) is 17.0. The Balaban J connectivity index is 1.49. The van der Waals surface area contributed by atoms with Gasteiger partial charge in [0, 0.05) is 36.2 Å². The van der Waals surface area contributed by atoms with Gasteiger partial charge in [0.05, 0.1) is 6.54 Å². The van der Waals surface area contributed by atoms with Crippen LogP contribution >= 0.6 is 0 Å². The highest BCUT2D eigenvalue weighted by molar-refractivity contribution is 5.30. The number of nitrogens with zero attached hydrogens (tertiary/aromatic N) is 3. The fraction of sp³-hybridized carbons (Fsp3) is 0.364. The van der Waals surface area contributed by atoms with E-state index >= 15 is 0 Å². The van der Waals surface area contributed by atoms with E-state index < -0.39 is 0 Å². The molecule has 0 spiro atoms. The number of H-pyrrole nitrogens is 1. The topological polar surface area (TPSA) is 44.8 Å². The predicted molar refractivity (Wildman–Crippen MR) is 104 cm³/mol. The molecule has 4 nitrogen and oxygen atoms in total. The van der Waals surface area contributed by atoms with Gasteiger partial charge in [-0.1, -0.05) is 30.3 Å². The highest BCUT2D eigenvalue weighted by Gasteiger charge is 2.23. The summed E-state index contributed by atoms with van der Waals surface area (Å²) in [7, 11) is 0. The van der Waals surface area contributed by atoms with Gasteiger partial charge < -0.3 is 4.98 Å². The van der Waals surface area contributed by atoms with Crippen LogP contribution in [0.4, 0.5) is 0 Å². The Morgan fingerprint density at radius 3 is 2.85 bits per heavy atom. The van der Waals surface area contributed by atoms with Crippen LogP contribution in [-0.2, 0) is 13.0 Å². The molecule has 4 heteroatoms. The maximum absolute atomic E-state index is 4.88. The minimum Gasteiger partial charge on any atom is -0.348 e. The fourth-order valence-electron chi connectivity index (χ4n) is 3.95. The molecule has 0 amide bonds. The molecule has 0 aliphatic carbocycles. The standard InChI is InChI=1S/C22H26N4/c1-17-12-19(13-18-6-3-2-4-7-18)14-21(25-17)20-8-5-11-26(15-20)16-22-23-9-10-24-22/h2-4,6-7,9-10,12,14,20H,5,8,11,13,15-16H2,1H3,(H,23,24). The summed E-state index contributed by atoms with van der Waals surface area (Å²) >= 11 is 0. The van der Waals surface area contributed by atoms with Crippen molar-refractivity contribution in [1.82, 2.24) is 19.9 Å². The molecule has 4 rings (SSSR count). The summed E-state index contributed by atoms with van der Waals surface area (Å²) in [4.78, 5) is 15.0. The van der Waals surface area contributed by atoms with Crippen LogP contribution < -0.4 is 0 Å². The third-order valence-electron chi connectivity index (χ3n) is 5.14. The van der Waals surface area contributed by atoms with Gasteiger partial charge in [0.1, 0.15) is 5.82 Å². The summed E-state index contributed by atoms with van der Waals surface area (Å²) in [5.41, 5.74) is 5.09. The Kier molecular flexibility index (Phi) is 5.12. The molecule has 1 fully saturated rings. The second-order valence-electron chi connectivity index (χ2n) is 7.31. The molecule has 0 bridgehead atoms. The van der Waals surface area contributed by atoms with E-state index in [1.54, 1.807) is 0 Å². The van der Waals surface area contributed by atoms with E-state index in [0.29, 0.717) is 5.92 Å². The molecule has 1 unspecified atom stereocenters. The average Bonchev–Trinajstić information content (AvgIpc) is 3.15. The fourth-order valence-corrected chi connectivity index (χ4v) is 3.95. The zero-order valence-corrected chi connectivity index (χ0v) is 15.4. The van der Waals surface area contributed by atoms with Gasteiger partial charge in [-0.25, -0.2) is 4.98 Å². The van der Waals surface area contributed by atoms with E-state index in [0.717, 1.165) is 37.6 Å². The summed E-state index contributed by atoms with van der Waals surface area (Å²) < 4.78 is 0. The molecule has 3 heterocycles. The van der Waals surface area contributed by atoms with E-state index in [4.69, 9.17) is 4.98 Å². The van der Waals surface area contributed by atoms with Gasteiger partial charge in [-0.15, -0.1) is 0 Å². The van der Waals surface area contributed by atoms with E-state index in [1.165, 1.54) is 29.7 Å². The number of aryl methyl sites for hydroxylation is 1. The van der Waals surface area contributed by atoms with E-state index in [9.17, 15) is 0 Å². The Hall–Kier alpha value is -2.46. The lowest BCUT2D eigenvalue weighted by Crippen LogP contribution is -2.34.